The summed E-state index contributed by atoms with van der Waals surface area (Å²) in [6.45, 7) is 8.80. The van der Waals surface area contributed by atoms with Gasteiger partial charge in [0.25, 0.3) is 0 Å². The molecule has 0 saturated carbocycles. The number of hydrogen-bond donors (Lipinski definition) is 1. The van der Waals surface area contributed by atoms with Crippen molar-refractivity contribution >= 4 is 0 Å². The van der Waals surface area contributed by atoms with Gasteiger partial charge < -0.3 is 9.84 Å². The van der Waals surface area contributed by atoms with Crippen molar-refractivity contribution in [2.24, 2.45) is 0 Å². The molecule has 0 aliphatic heterocycles. The van der Waals surface area contributed by atoms with E-state index in [4.69, 9.17) is 4.74 Å². The molecule has 0 radical (unpaired) electrons. The fraction of sp³-hybridized carbons (Fsp3) is 0.600. The summed E-state index contributed by atoms with van der Waals surface area (Å²) in [5, 5.41) is 9.97. The van der Waals surface area contributed by atoms with E-state index in [0.29, 0.717) is 12.5 Å². The molecule has 1 aromatic rings. The minimum atomic E-state index is -0.523. The van der Waals surface area contributed by atoms with Crippen LogP contribution < -0.4 is 0 Å². The van der Waals surface area contributed by atoms with Gasteiger partial charge in [0.05, 0.1) is 12.7 Å². The molecule has 0 bridgehead atoms. The topological polar surface area (TPSA) is 29.5 Å². The van der Waals surface area contributed by atoms with Gasteiger partial charge >= 0.3 is 0 Å². The Bertz CT molecular complexity index is 316. The van der Waals surface area contributed by atoms with Gasteiger partial charge in [-0.3, -0.25) is 0 Å². The largest absolute Gasteiger partial charge is 0.386 e. The van der Waals surface area contributed by atoms with Crippen molar-refractivity contribution in [1.29, 1.82) is 0 Å². The third-order valence-electron chi connectivity index (χ3n) is 3.10. The maximum absolute atomic E-state index is 9.97. The van der Waals surface area contributed by atoms with Crippen LogP contribution in [0.4, 0.5) is 0 Å². The summed E-state index contributed by atoms with van der Waals surface area (Å²) in [5.41, 5.74) is 2.22. The first-order valence-electron chi connectivity index (χ1n) is 6.44. The fourth-order valence-corrected chi connectivity index (χ4v) is 1.57. The molecule has 0 heterocycles. The quantitative estimate of drug-likeness (QED) is 0.816. The lowest BCUT2D eigenvalue weighted by Crippen LogP contribution is -2.13. The lowest BCUT2D eigenvalue weighted by Gasteiger charge is -2.16. The average molecular weight is 236 g/mol. The van der Waals surface area contributed by atoms with Crippen LogP contribution in [0, 0.1) is 0 Å². The summed E-state index contributed by atoms with van der Waals surface area (Å²) in [6.07, 6.45) is 0.656. The minimum absolute atomic E-state index is 0.208. The molecule has 0 spiro atoms. The minimum Gasteiger partial charge on any atom is -0.386 e. The number of aliphatic hydroxyl groups is 1. The summed E-state index contributed by atoms with van der Waals surface area (Å²) in [5.74, 6) is 0.526. The van der Waals surface area contributed by atoms with E-state index >= 15 is 0 Å². The van der Waals surface area contributed by atoms with Crippen LogP contribution in [0.5, 0.6) is 0 Å². The van der Waals surface area contributed by atoms with Crippen molar-refractivity contribution in [3.8, 4) is 0 Å². The molecule has 0 aliphatic rings. The zero-order valence-electron chi connectivity index (χ0n) is 11.3. The maximum Gasteiger partial charge on any atom is 0.102 e. The van der Waals surface area contributed by atoms with E-state index in [1.54, 1.807) is 0 Å². The highest BCUT2D eigenvalue weighted by Gasteiger charge is 2.10. The Balaban J connectivity index is 2.54. The van der Waals surface area contributed by atoms with Crippen LogP contribution in [0.3, 0.4) is 0 Å². The van der Waals surface area contributed by atoms with Gasteiger partial charge in [-0.25, -0.2) is 0 Å². The van der Waals surface area contributed by atoms with Crippen LogP contribution in [0.15, 0.2) is 24.3 Å². The predicted octanol–water partition coefficient (Wildman–Crippen LogP) is 3.66. The Morgan fingerprint density at radius 1 is 1.06 bits per heavy atom. The van der Waals surface area contributed by atoms with Crippen molar-refractivity contribution in [2.45, 2.75) is 52.2 Å². The zero-order valence-corrected chi connectivity index (χ0v) is 11.3. The summed E-state index contributed by atoms with van der Waals surface area (Å²) in [4.78, 5) is 0. The average Bonchev–Trinajstić information content (AvgIpc) is 2.35. The van der Waals surface area contributed by atoms with Gasteiger partial charge in [0.1, 0.15) is 6.10 Å². The molecule has 17 heavy (non-hydrogen) atoms. The van der Waals surface area contributed by atoms with E-state index in [9.17, 15) is 5.11 Å². The molecule has 0 aromatic heterocycles. The van der Waals surface area contributed by atoms with Crippen LogP contribution in [0.2, 0.25) is 0 Å². The Labute approximate surface area is 105 Å². The molecule has 0 saturated heterocycles. The number of benzene rings is 1. The lowest BCUT2D eigenvalue weighted by molar-refractivity contribution is -0.00375. The van der Waals surface area contributed by atoms with E-state index in [2.05, 4.69) is 32.9 Å². The maximum atomic E-state index is 9.97. The summed E-state index contributed by atoms with van der Waals surface area (Å²) in [6, 6.07) is 8.12. The summed E-state index contributed by atoms with van der Waals surface area (Å²) < 4.78 is 5.54. The first kappa shape index (κ1) is 14.2. The molecule has 96 valence electrons. The smallest absolute Gasteiger partial charge is 0.102 e. The summed E-state index contributed by atoms with van der Waals surface area (Å²) in [7, 11) is 0. The first-order chi connectivity index (χ1) is 8.04. The summed E-state index contributed by atoms with van der Waals surface area (Å²) >= 11 is 0. The number of ether oxygens (including phenoxy) is 1. The lowest BCUT2D eigenvalue weighted by atomic mass is 10.0. The second kappa shape index (κ2) is 6.77. The molecule has 2 nitrogen and oxygen atoms in total. The molecule has 2 unspecified atom stereocenters. The predicted molar refractivity (Wildman–Crippen MR) is 71.2 cm³/mol. The fourth-order valence-electron chi connectivity index (χ4n) is 1.57. The van der Waals surface area contributed by atoms with Gasteiger partial charge in [-0.05, 0) is 30.4 Å². The highest BCUT2D eigenvalue weighted by molar-refractivity contribution is 5.26. The van der Waals surface area contributed by atoms with E-state index in [0.717, 1.165) is 12.0 Å². The Morgan fingerprint density at radius 2 is 1.59 bits per heavy atom. The third kappa shape index (κ3) is 4.49. The Morgan fingerprint density at radius 3 is 2.06 bits per heavy atom. The van der Waals surface area contributed by atoms with Crippen molar-refractivity contribution < 1.29 is 9.84 Å². The Kier molecular flexibility index (Phi) is 5.66. The third-order valence-corrected chi connectivity index (χ3v) is 3.10. The molecule has 1 aromatic carbocycles. The van der Waals surface area contributed by atoms with Crippen LogP contribution in [0.25, 0.3) is 0 Å². The van der Waals surface area contributed by atoms with Gasteiger partial charge in [-0.1, -0.05) is 45.0 Å². The zero-order chi connectivity index (χ0) is 12.8. The number of hydrogen-bond acceptors (Lipinski definition) is 2. The van der Waals surface area contributed by atoms with E-state index in [-0.39, 0.29) is 6.10 Å². The molecule has 2 heteroatoms. The van der Waals surface area contributed by atoms with Crippen molar-refractivity contribution in [2.75, 3.05) is 6.61 Å². The second-order valence-electron chi connectivity index (χ2n) is 4.89. The highest BCUT2D eigenvalue weighted by atomic mass is 16.5. The van der Waals surface area contributed by atoms with Crippen LogP contribution in [-0.4, -0.2) is 17.8 Å². The normalized spacial score (nSPS) is 14.9. The molecule has 2 atom stereocenters. The second-order valence-corrected chi connectivity index (χ2v) is 4.89. The molecular formula is C15H24O2. The monoisotopic (exact) mass is 236 g/mol. The van der Waals surface area contributed by atoms with Crippen molar-refractivity contribution in [3.05, 3.63) is 35.4 Å². The van der Waals surface area contributed by atoms with E-state index in [1.807, 2.05) is 19.1 Å². The van der Waals surface area contributed by atoms with Crippen LogP contribution >= 0.6 is 0 Å². The van der Waals surface area contributed by atoms with Crippen LogP contribution in [0.1, 0.15) is 57.3 Å². The van der Waals surface area contributed by atoms with Crippen LogP contribution in [-0.2, 0) is 4.74 Å². The standard InChI is InChI=1S/C15H24O2/c1-5-12(4)17-10-15(16)14-8-6-13(7-9-14)11(2)3/h6-9,11-12,15-16H,5,10H2,1-4H3. The highest BCUT2D eigenvalue weighted by Crippen LogP contribution is 2.19. The molecule has 0 fully saturated rings. The molecule has 1 rings (SSSR count). The van der Waals surface area contributed by atoms with Gasteiger partial charge in [0, 0.05) is 0 Å². The van der Waals surface area contributed by atoms with Crippen molar-refractivity contribution in [3.63, 3.8) is 0 Å². The number of aliphatic hydroxyl groups excluding tert-OH is 1. The molecule has 1 N–H and O–H groups in total. The van der Waals surface area contributed by atoms with Crippen molar-refractivity contribution in [1.82, 2.24) is 0 Å². The van der Waals surface area contributed by atoms with Gasteiger partial charge in [-0.2, -0.15) is 0 Å². The Hall–Kier alpha value is -0.860. The number of rotatable bonds is 6. The van der Waals surface area contributed by atoms with Gasteiger partial charge in [0.2, 0.25) is 0 Å². The van der Waals surface area contributed by atoms with E-state index in [1.165, 1.54) is 5.56 Å². The van der Waals surface area contributed by atoms with E-state index < -0.39 is 6.10 Å². The molecule has 0 amide bonds. The SMILES string of the molecule is CCC(C)OCC(O)c1ccc(C(C)C)cc1. The van der Waals surface area contributed by atoms with Gasteiger partial charge in [-0.15, -0.1) is 0 Å². The molecule has 0 aliphatic carbocycles. The first-order valence-corrected chi connectivity index (χ1v) is 6.44. The molecular weight excluding hydrogens is 212 g/mol. The van der Waals surface area contributed by atoms with Gasteiger partial charge in [0.15, 0.2) is 0 Å².